The molecule has 3 rings (SSSR count). The second kappa shape index (κ2) is 14.2. The molecule has 2 atom stereocenters. The molecular weight excluding hydrogens is 581 g/mol. The predicted octanol–water partition coefficient (Wildman–Crippen LogP) is 6.53. The molecule has 0 spiro atoms. The lowest BCUT2D eigenvalue weighted by Gasteiger charge is -2.34. The van der Waals surface area contributed by atoms with E-state index in [0.29, 0.717) is 27.7 Å². The van der Waals surface area contributed by atoms with E-state index in [9.17, 15) is 18.0 Å². The third-order valence-electron chi connectivity index (χ3n) is 7.20. The summed E-state index contributed by atoms with van der Waals surface area (Å²) in [7, 11) is -4.14. The molecule has 1 N–H and O–H groups in total. The van der Waals surface area contributed by atoms with Gasteiger partial charge in [-0.15, -0.1) is 0 Å². The number of hydrogen-bond donors (Lipinski definition) is 1. The van der Waals surface area contributed by atoms with Gasteiger partial charge < -0.3 is 10.2 Å². The van der Waals surface area contributed by atoms with Crippen molar-refractivity contribution >= 4 is 50.7 Å². The topological polar surface area (TPSA) is 86.8 Å². The van der Waals surface area contributed by atoms with Crippen LogP contribution in [0.25, 0.3) is 0 Å². The van der Waals surface area contributed by atoms with Gasteiger partial charge in [0.1, 0.15) is 12.6 Å². The number of rotatable bonds is 12. The zero-order chi connectivity index (χ0) is 30.3. The molecule has 41 heavy (non-hydrogen) atoms. The number of anilines is 1. The Morgan fingerprint density at radius 3 is 2.22 bits per heavy atom. The fourth-order valence-electron chi connectivity index (χ4n) is 4.43. The SMILES string of the molecule is CC[C@H](C)NC(=O)[C@H](CC)N(Cc1ccc(Cl)cc1Cl)C(=O)CN(c1cccc(C)c1C)S(=O)(=O)c1ccccc1. The summed E-state index contributed by atoms with van der Waals surface area (Å²) >= 11 is 12.6. The van der Waals surface area contributed by atoms with Gasteiger partial charge >= 0.3 is 0 Å². The second-order valence-corrected chi connectivity index (χ2v) is 12.7. The van der Waals surface area contributed by atoms with Gasteiger partial charge in [-0.1, -0.05) is 73.4 Å². The predicted molar refractivity (Wildman–Crippen MR) is 166 cm³/mol. The van der Waals surface area contributed by atoms with Crippen molar-refractivity contribution in [2.45, 2.75) is 71.0 Å². The Balaban J connectivity index is 2.11. The maximum Gasteiger partial charge on any atom is 0.264 e. The lowest BCUT2D eigenvalue weighted by molar-refractivity contribution is -0.140. The van der Waals surface area contributed by atoms with Gasteiger partial charge in [-0.3, -0.25) is 13.9 Å². The molecule has 7 nitrogen and oxygen atoms in total. The lowest BCUT2D eigenvalue weighted by atomic mass is 10.1. The Morgan fingerprint density at radius 1 is 0.927 bits per heavy atom. The maximum absolute atomic E-state index is 14.2. The molecule has 0 aliphatic heterocycles. The van der Waals surface area contributed by atoms with Gasteiger partial charge in [0.15, 0.2) is 0 Å². The molecule has 2 amide bonds. The van der Waals surface area contributed by atoms with Gasteiger partial charge in [0, 0.05) is 22.6 Å². The average Bonchev–Trinajstić information content (AvgIpc) is 2.94. The second-order valence-electron chi connectivity index (χ2n) is 10.0. The van der Waals surface area contributed by atoms with E-state index in [1.807, 2.05) is 40.7 Å². The van der Waals surface area contributed by atoms with Gasteiger partial charge in [-0.2, -0.15) is 0 Å². The molecule has 0 saturated heterocycles. The van der Waals surface area contributed by atoms with Crippen LogP contribution >= 0.6 is 23.2 Å². The number of nitrogens with zero attached hydrogens (tertiary/aromatic N) is 2. The van der Waals surface area contributed by atoms with Crippen LogP contribution in [0, 0.1) is 13.8 Å². The number of halogens is 2. The Morgan fingerprint density at radius 2 is 1.61 bits per heavy atom. The van der Waals surface area contributed by atoms with E-state index < -0.39 is 28.5 Å². The molecule has 0 saturated carbocycles. The summed E-state index contributed by atoms with van der Waals surface area (Å²) in [5, 5.41) is 3.75. The summed E-state index contributed by atoms with van der Waals surface area (Å²) in [5.74, 6) is -0.855. The number of aryl methyl sites for hydroxylation is 1. The Bertz CT molecular complexity index is 1480. The highest BCUT2D eigenvalue weighted by Crippen LogP contribution is 2.30. The molecule has 0 aliphatic carbocycles. The molecule has 0 heterocycles. The molecule has 0 bridgehead atoms. The van der Waals surface area contributed by atoms with Crippen LogP contribution in [-0.4, -0.2) is 43.8 Å². The van der Waals surface area contributed by atoms with E-state index in [1.54, 1.807) is 48.5 Å². The normalized spacial score (nSPS) is 12.9. The quantitative estimate of drug-likeness (QED) is 0.250. The summed E-state index contributed by atoms with van der Waals surface area (Å²) in [6.45, 7) is 8.85. The van der Waals surface area contributed by atoms with Crippen LogP contribution in [-0.2, 0) is 26.2 Å². The molecule has 0 radical (unpaired) electrons. The standard InChI is InChI=1S/C31H37Cl2N3O4S/c1-6-22(4)34-31(38)28(7-2)35(19-24-16-17-25(32)18-27(24)33)30(37)20-36(29-15-11-12-21(3)23(29)5)41(39,40)26-13-9-8-10-14-26/h8-18,22,28H,6-7,19-20H2,1-5H3,(H,34,38)/t22-,28-/m0/s1. The van der Waals surface area contributed by atoms with E-state index in [-0.39, 0.29) is 23.4 Å². The molecule has 0 unspecified atom stereocenters. The number of hydrogen-bond acceptors (Lipinski definition) is 4. The minimum Gasteiger partial charge on any atom is -0.352 e. The van der Waals surface area contributed by atoms with E-state index in [0.717, 1.165) is 21.9 Å². The third kappa shape index (κ3) is 7.82. The van der Waals surface area contributed by atoms with Gasteiger partial charge in [0.05, 0.1) is 10.6 Å². The zero-order valence-corrected chi connectivity index (χ0v) is 26.4. The molecule has 220 valence electrons. The molecule has 0 aliphatic rings. The smallest absolute Gasteiger partial charge is 0.264 e. The Labute approximate surface area is 253 Å². The van der Waals surface area contributed by atoms with Gasteiger partial charge in [-0.25, -0.2) is 8.42 Å². The van der Waals surface area contributed by atoms with Crippen LogP contribution in [0.3, 0.4) is 0 Å². The molecule has 0 aromatic heterocycles. The summed E-state index contributed by atoms with van der Waals surface area (Å²) in [6.07, 6.45) is 1.03. The number of sulfonamides is 1. The van der Waals surface area contributed by atoms with Crippen LogP contribution in [0.4, 0.5) is 5.69 Å². The van der Waals surface area contributed by atoms with E-state index >= 15 is 0 Å². The minimum absolute atomic E-state index is 0.00665. The van der Waals surface area contributed by atoms with Crippen molar-refractivity contribution in [2.24, 2.45) is 0 Å². The van der Waals surface area contributed by atoms with Crippen molar-refractivity contribution in [3.63, 3.8) is 0 Å². The van der Waals surface area contributed by atoms with Crippen molar-refractivity contribution in [2.75, 3.05) is 10.8 Å². The first-order chi connectivity index (χ1) is 19.4. The number of carbonyl (C=O) groups excluding carboxylic acids is 2. The molecule has 3 aromatic carbocycles. The fourth-order valence-corrected chi connectivity index (χ4v) is 6.39. The first-order valence-corrected chi connectivity index (χ1v) is 15.8. The number of amides is 2. The monoisotopic (exact) mass is 617 g/mol. The summed E-state index contributed by atoms with van der Waals surface area (Å²) in [5.41, 5.74) is 2.59. The zero-order valence-electron chi connectivity index (χ0n) is 24.0. The fraction of sp³-hybridized carbons (Fsp3) is 0.355. The first-order valence-electron chi connectivity index (χ1n) is 13.6. The third-order valence-corrected chi connectivity index (χ3v) is 9.56. The lowest BCUT2D eigenvalue weighted by Crippen LogP contribution is -2.53. The van der Waals surface area contributed by atoms with Crippen molar-refractivity contribution in [1.29, 1.82) is 0 Å². The van der Waals surface area contributed by atoms with E-state index in [1.165, 1.54) is 17.0 Å². The Hall–Kier alpha value is -3.07. The molecule has 3 aromatic rings. The summed E-state index contributed by atoms with van der Waals surface area (Å²) < 4.78 is 29.1. The summed E-state index contributed by atoms with van der Waals surface area (Å²) in [6, 6.07) is 17.3. The van der Waals surface area contributed by atoms with Crippen LogP contribution in [0.15, 0.2) is 71.6 Å². The number of benzene rings is 3. The highest BCUT2D eigenvalue weighted by atomic mass is 35.5. The highest BCUT2D eigenvalue weighted by molar-refractivity contribution is 7.92. The minimum atomic E-state index is -4.14. The maximum atomic E-state index is 14.2. The number of carbonyl (C=O) groups is 2. The molecule has 0 fully saturated rings. The van der Waals surface area contributed by atoms with Crippen LogP contribution in [0.2, 0.25) is 10.0 Å². The van der Waals surface area contributed by atoms with Crippen molar-refractivity contribution in [3.8, 4) is 0 Å². The van der Waals surface area contributed by atoms with Gasteiger partial charge in [-0.05, 0) is 80.6 Å². The van der Waals surface area contributed by atoms with Crippen LogP contribution in [0.5, 0.6) is 0 Å². The summed E-state index contributed by atoms with van der Waals surface area (Å²) in [4.78, 5) is 29.1. The van der Waals surface area contributed by atoms with Crippen molar-refractivity contribution in [3.05, 3.63) is 93.5 Å². The largest absolute Gasteiger partial charge is 0.352 e. The molecular formula is C31H37Cl2N3O4S. The van der Waals surface area contributed by atoms with Crippen LogP contribution in [0.1, 0.15) is 50.3 Å². The van der Waals surface area contributed by atoms with Gasteiger partial charge in [0.2, 0.25) is 11.8 Å². The number of nitrogens with one attached hydrogen (secondary N) is 1. The van der Waals surface area contributed by atoms with Crippen molar-refractivity contribution < 1.29 is 18.0 Å². The van der Waals surface area contributed by atoms with Crippen LogP contribution < -0.4 is 9.62 Å². The average molecular weight is 619 g/mol. The first kappa shape index (κ1) is 32.4. The highest BCUT2D eigenvalue weighted by Gasteiger charge is 2.34. The van der Waals surface area contributed by atoms with Crippen molar-refractivity contribution in [1.82, 2.24) is 10.2 Å². The van der Waals surface area contributed by atoms with Gasteiger partial charge in [0.25, 0.3) is 10.0 Å². The van der Waals surface area contributed by atoms with E-state index in [2.05, 4.69) is 5.32 Å². The Kier molecular flexibility index (Phi) is 11.2. The van der Waals surface area contributed by atoms with E-state index in [4.69, 9.17) is 23.2 Å². The molecule has 10 heteroatoms.